The van der Waals surface area contributed by atoms with E-state index in [0.717, 1.165) is 0 Å². The predicted molar refractivity (Wildman–Crippen MR) is 91.4 cm³/mol. The Labute approximate surface area is 149 Å². The molecule has 4 rings (SSSR count). The molecule has 5 heteroatoms. The van der Waals surface area contributed by atoms with Gasteiger partial charge in [-0.05, 0) is 43.1 Å². The molecule has 2 bridgehead atoms. The summed E-state index contributed by atoms with van der Waals surface area (Å²) in [7, 11) is 0. The average molecular weight is 350 g/mol. The molecule has 0 aromatic rings. The van der Waals surface area contributed by atoms with Gasteiger partial charge in [0, 0.05) is 16.7 Å². The van der Waals surface area contributed by atoms with Gasteiger partial charge in [-0.15, -0.1) is 0 Å². The molecule has 2 aliphatic carbocycles. The quantitative estimate of drug-likeness (QED) is 0.705. The van der Waals surface area contributed by atoms with Crippen LogP contribution in [-0.4, -0.2) is 45.7 Å². The van der Waals surface area contributed by atoms with Crippen molar-refractivity contribution in [3.8, 4) is 0 Å². The first kappa shape index (κ1) is 17.7. The van der Waals surface area contributed by atoms with Gasteiger partial charge >= 0.3 is 0 Å². The number of hydrogen-bond acceptors (Lipinski definition) is 5. The Morgan fingerprint density at radius 3 is 2.60 bits per heavy atom. The lowest BCUT2D eigenvalue weighted by atomic mass is 9.49. The summed E-state index contributed by atoms with van der Waals surface area (Å²) < 4.78 is 5.92. The average Bonchev–Trinajstić information content (AvgIpc) is 2.94. The van der Waals surface area contributed by atoms with Gasteiger partial charge in [0.2, 0.25) is 0 Å². The van der Waals surface area contributed by atoms with E-state index < -0.39 is 28.6 Å². The second-order valence-electron chi connectivity index (χ2n) is 9.46. The van der Waals surface area contributed by atoms with Gasteiger partial charge in [0.15, 0.2) is 11.6 Å². The number of aliphatic hydroxyl groups excluding tert-OH is 2. The normalized spacial score (nSPS) is 54.5. The van der Waals surface area contributed by atoms with E-state index in [1.54, 1.807) is 0 Å². The second kappa shape index (κ2) is 5.16. The molecule has 3 N–H and O–H groups in total. The monoisotopic (exact) mass is 350 g/mol. The Balaban J connectivity index is 1.83. The zero-order chi connectivity index (χ0) is 18.4. The summed E-state index contributed by atoms with van der Waals surface area (Å²) in [5, 5.41) is 31.8. The zero-order valence-corrected chi connectivity index (χ0v) is 15.5. The molecule has 0 aromatic heterocycles. The standard InChI is InChI=1S/C20H30O5/c1-10(2)11-7-15(22)18(3)5-6-19(4)13(16(11)18)8-14-12(9-21)17(23)20(19,24)25-14/h7,10,12-14,16-17,21,23-24H,5-6,8-9H2,1-4H3/t12-,13+,14+,16-,17+,18-,19+,20+/m0/s1. The van der Waals surface area contributed by atoms with Gasteiger partial charge in [0.1, 0.15) is 6.10 Å². The molecule has 1 saturated carbocycles. The Morgan fingerprint density at radius 2 is 2.00 bits per heavy atom. The molecule has 4 aliphatic rings. The number of carbonyl (C=O) groups is 1. The number of ketones is 1. The second-order valence-corrected chi connectivity index (χ2v) is 9.46. The Hall–Kier alpha value is -0.750. The van der Waals surface area contributed by atoms with E-state index in [1.165, 1.54) is 5.57 Å². The molecular weight excluding hydrogens is 320 g/mol. The fourth-order valence-corrected chi connectivity index (χ4v) is 6.37. The molecule has 140 valence electrons. The van der Waals surface area contributed by atoms with Crippen molar-refractivity contribution in [1.82, 2.24) is 0 Å². The van der Waals surface area contributed by atoms with Crippen LogP contribution in [0.4, 0.5) is 0 Å². The van der Waals surface area contributed by atoms with E-state index in [9.17, 15) is 20.1 Å². The molecule has 2 saturated heterocycles. The van der Waals surface area contributed by atoms with Crippen molar-refractivity contribution in [2.75, 3.05) is 6.61 Å². The third-order valence-electron chi connectivity index (χ3n) is 8.09. The van der Waals surface area contributed by atoms with Gasteiger partial charge in [-0.3, -0.25) is 4.79 Å². The molecule has 25 heavy (non-hydrogen) atoms. The lowest BCUT2D eigenvalue weighted by molar-refractivity contribution is -0.339. The fourth-order valence-electron chi connectivity index (χ4n) is 6.37. The van der Waals surface area contributed by atoms with Crippen LogP contribution in [0, 0.1) is 34.5 Å². The number of hydrogen-bond donors (Lipinski definition) is 3. The van der Waals surface area contributed by atoms with Gasteiger partial charge in [0.05, 0.1) is 12.7 Å². The van der Waals surface area contributed by atoms with Gasteiger partial charge in [-0.1, -0.05) is 33.3 Å². The van der Waals surface area contributed by atoms with Crippen molar-refractivity contribution in [1.29, 1.82) is 0 Å². The summed E-state index contributed by atoms with van der Waals surface area (Å²) in [4.78, 5) is 12.8. The molecule has 3 fully saturated rings. The van der Waals surface area contributed by atoms with Crippen LogP contribution >= 0.6 is 0 Å². The Bertz CT molecular complexity index is 642. The van der Waals surface area contributed by atoms with E-state index in [2.05, 4.69) is 20.8 Å². The van der Waals surface area contributed by atoms with Crippen molar-refractivity contribution in [3.05, 3.63) is 11.6 Å². The maximum absolute atomic E-state index is 12.8. The smallest absolute Gasteiger partial charge is 0.198 e. The first-order valence-corrected chi connectivity index (χ1v) is 9.55. The third-order valence-corrected chi connectivity index (χ3v) is 8.09. The highest BCUT2D eigenvalue weighted by Gasteiger charge is 2.73. The lowest BCUT2D eigenvalue weighted by Gasteiger charge is -2.59. The van der Waals surface area contributed by atoms with E-state index >= 15 is 0 Å². The van der Waals surface area contributed by atoms with Gasteiger partial charge in [-0.2, -0.15) is 0 Å². The van der Waals surface area contributed by atoms with Crippen LogP contribution in [0.1, 0.15) is 47.0 Å². The van der Waals surface area contributed by atoms with Crippen molar-refractivity contribution < 1.29 is 24.9 Å². The van der Waals surface area contributed by atoms with Crippen molar-refractivity contribution in [3.63, 3.8) is 0 Å². The minimum Gasteiger partial charge on any atom is -0.396 e. The number of allylic oxidation sites excluding steroid dienone is 2. The maximum Gasteiger partial charge on any atom is 0.198 e. The molecular formula is C20H30O5. The Kier molecular flexibility index (Phi) is 3.64. The largest absolute Gasteiger partial charge is 0.396 e. The van der Waals surface area contributed by atoms with Crippen LogP contribution < -0.4 is 0 Å². The van der Waals surface area contributed by atoms with Gasteiger partial charge in [-0.25, -0.2) is 0 Å². The number of ether oxygens (including phenoxy) is 1. The van der Waals surface area contributed by atoms with Crippen LogP contribution in [0.15, 0.2) is 11.6 Å². The van der Waals surface area contributed by atoms with E-state index in [0.29, 0.717) is 19.3 Å². The summed E-state index contributed by atoms with van der Waals surface area (Å²) >= 11 is 0. The van der Waals surface area contributed by atoms with Crippen molar-refractivity contribution in [2.24, 2.45) is 34.5 Å². The lowest BCUT2D eigenvalue weighted by Crippen LogP contribution is -2.64. The van der Waals surface area contributed by atoms with Crippen LogP contribution in [0.2, 0.25) is 0 Å². The fraction of sp³-hybridized carbons (Fsp3) is 0.850. The molecule has 0 aromatic carbocycles. The molecule has 2 aliphatic heterocycles. The summed E-state index contributed by atoms with van der Waals surface area (Å²) in [6, 6.07) is 0. The maximum atomic E-state index is 12.8. The van der Waals surface area contributed by atoms with Gasteiger partial charge < -0.3 is 20.1 Å². The minimum atomic E-state index is -1.65. The van der Waals surface area contributed by atoms with Crippen molar-refractivity contribution in [2.45, 2.75) is 65.0 Å². The third kappa shape index (κ3) is 1.90. The molecule has 0 spiro atoms. The topological polar surface area (TPSA) is 87.0 Å². The highest BCUT2D eigenvalue weighted by Crippen LogP contribution is 2.68. The van der Waals surface area contributed by atoms with E-state index in [-0.39, 0.29) is 36.2 Å². The Morgan fingerprint density at radius 1 is 1.32 bits per heavy atom. The van der Waals surface area contributed by atoms with Crippen LogP contribution in [-0.2, 0) is 9.53 Å². The molecule has 2 heterocycles. The summed E-state index contributed by atoms with van der Waals surface area (Å²) in [6.45, 7) is 8.09. The van der Waals surface area contributed by atoms with Crippen LogP contribution in [0.25, 0.3) is 0 Å². The molecule has 0 unspecified atom stereocenters. The zero-order valence-electron chi connectivity index (χ0n) is 15.5. The molecule has 8 atom stereocenters. The number of carbonyl (C=O) groups excluding carboxylic acids is 1. The first-order valence-electron chi connectivity index (χ1n) is 9.55. The minimum absolute atomic E-state index is 0.0568. The predicted octanol–water partition coefficient (Wildman–Crippen LogP) is 1.65. The molecule has 0 radical (unpaired) electrons. The molecule has 5 nitrogen and oxygen atoms in total. The highest BCUT2D eigenvalue weighted by atomic mass is 16.7. The summed E-state index contributed by atoms with van der Waals surface area (Å²) in [5.41, 5.74) is 0.120. The summed E-state index contributed by atoms with van der Waals surface area (Å²) in [6.07, 6.45) is 2.36. The van der Waals surface area contributed by atoms with Crippen LogP contribution in [0.3, 0.4) is 0 Å². The number of rotatable bonds is 2. The van der Waals surface area contributed by atoms with Gasteiger partial charge in [0.25, 0.3) is 0 Å². The first-order chi connectivity index (χ1) is 11.6. The number of aliphatic hydroxyl groups is 3. The van der Waals surface area contributed by atoms with E-state index in [1.807, 2.05) is 13.0 Å². The van der Waals surface area contributed by atoms with Crippen LogP contribution in [0.5, 0.6) is 0 Å². The highest BCUT2D eigenvalue weighted by molar-refractivity contribution is 5.99. The molecule has 0 amide bonds. The van der Waals surface area contributed by atoms with E-state index in [4.69, 9.17) is 4.74 Å². The summed E-state index contributed by atoms with van der Waals surface area (Å²) in [5.74, 6) is -1.52. The van der Waals surface area contributed by atoms with Crippen molar-refractivity contribution >= 4 is 5.78 Å². The SMILES string of the molecule is CC(C)C1=CC(=O)[C@]2(C)CC[C@]3(C)[C@H](C[C@H]4O[C@]3(O)[C@H](O)[C@H]4CO)[C@H]12. The number of fused-ring (bicyclic) bond motifs is 6.